The van der Waals surface area contributed by atoms with Gasteiger partial charge in [-0.05, 0) is 50.1 Å². The molecule has 1 aliphatic carbocycles. The molecule has 0 spiro atoms. The lowest BCUT2D eigenvalue weighted by atomic mass is 9.88. The molecule has 0 atom stereocenters. The maximum atomic E-state index is 13.0. The highest BCUT2D eigenvalue weighted by Crippen LogP contribution is 2.32. The number of rotatable bonds is 6. The van der Waals surface area contributed by atoms with E-state index in [1.54, 1.807) is 30.1 Å². The van der Waals surface area contributed by atoms with Gasteiger partial charge in [0.25, 0.3) is 11.8 Å². The number of hydrogen-bond donors (Lipinski definition) is 3. The predicted molar refractivity (Wildman–Crippen MR) is 128 cm³/mol. The summed E-state index contributed by atoms with van der Waals surface area (Å²) >= 11 is 0. The van der Waals surface area contributed by atoms with E-state index in [9.17, 15) is 14.4 Å². The zero-order valence-electron chi connectivity index (χ0n) is 19.0. The Morgan fingerprint density at radius 3 is 2.58 bits per heavy atom. The number of pyridine rings is 1. The molecule has 0 radical (unpaired) electrons. The Labute approximate surface area is 192 Å². The van der Waals surface area contributed by atoms with E-state index in [1.807, 2.05) is 25.1 Å². The van der Waals surface area contributed by atoms with Gasteiger partial charge >= 0.3 is 0 Å². The summed E-state index contributed by atoms with van der Waals surface area (Å²) in [5, 5.41) is 6.25. The lowest BCUT2D eigenvalue weighted by Gasteiger charge is -2.26. The van der Waals surface area contributed by atoms with Crippen LogP contribution in [0.5, 0.6) is 0 Å². The highest BCUT2D eigenvalue weighted by molar-refractivity contribution is 6.15. The minimum atomic E-state index is -0.419. The van der Waals surface area contributed by atoms with Crippen LogP contribution in [0.4, 0.5) is 11.5 Å². The fraction of sp³-hybridized carbons (Fsp3) is 0.360. The molecule has 2 heterocycles. The zero-order chi connectivity index (χ0) is 23.4. The third-order valence-electron chi connectivity index (χ3n) is 6.15. The Balaban J connectivity index is 1.67. The molecule has 1 aliphatic rings. The van der Waals surface area contributed by atoms with E-state index in [1.165, 1.54) is 12.6 Å². The Kier molecular flexibility index (Phi) is 6.72. The molecule has 0 unspecified atom stereocenters. The van der Waals surface area contributed by atoms with Crippen molar-refractivity contribution in [2.45, 2.75) is 39.0 Å². The van der Waals surface area contributed by atoms with Crippen molar-refractivity contribution in [1.82, 2.24) is 15.3 Å². The van der Waals surface area contributed by atoms with Crippen LogP contribution in [-0.4, -0.2) is 41.3 Å². The van der Waals surface area contributed by atoms with Crippen LogP contribution in [0, 0.1) is 5.92 Å². The maximum Gasteiger partial charge on any atom is 0.275 e. The quantitative estimate of drug-likeness (QED) is 0.529. The number of H-pyrrole nitrogens is 1. The van der Waals surface area contributed by atoms with Gasteiger partial charge in [-0.3, -0.25) is 19.4 Å². The Morgan fingerprint density at radius 1 is 1.09 bits per heavy atom. The van der Waals surface area contributed by atoms with Gasteiger partial charge in [-0.15, -0.1) is 0 Å². The topological polar surface area (TPSA) is 107 Å². The summed E-state index contributed by atoms with van der Waals surface area (Å²) in [5.41, 5.74) is 2.00. The van der Waals surface area contributed by atoms with Gasteiger partial charge in [-0.2, -0.15) is 0 Å². The molecule has 0 aliphatic heterocycles. The Bertz CT molecular complexity index is 1170. The number of nitrogens with one attached hydrogen (secondary N) is 3. The van der Waals surface area contributed by atoms with Crippen LogP contribution in [0.2, 0.25) is 0 Å². The molecule has 172 valence electrons. The van der Waals surface area contributed by atoms with E-state index in [2.05, 4.69) is 20.6 Å². The molecular weight excluding hydrogens is 418 g/mol. The standard InChI is InChI=1S/C25H29N5O3/c1-3-26-24(32)21-18-13-12-17(30(2)25(33)16-9-5-4-6-10-16)15-20(18)28-22(21)29-23(31)19-11-7-8-14-27-19/h7-8,11-16,28H,3-6,9-10H2,1-2H3,(H,26,32)(H,29,31). The van der Waals surface area contributed by atoms with Crippen LogP contribution in [0.3, 0.4) is 0 Å². The molecule has 0 saturated heterocycles. The second-order valence-corrected chi connectivity index (χ2v) is 8.37. The first kappa shape index (κ1) is 22.5. The minimum absolute atomic E-state index is 0.0576. The lowest BCUT2D eigenvalue weighted by molar-refractivity contribution is -0.123. The number of aromatic nitrogens is 2. The molecular formula is C25H29N5O3. The highest BCUT2D eigenvalue weighted by Gasteiger charge is 2.26. The van der Waals surface area contributed by atoms with Gasteiger partial charge < -0.3 is 20.5 Å². The van der Waals surface area contributed by atoms with Crippen molar-refractivity contribution in [2.75, 3.05) is 23.8 Å². The van der Waals surface area contributed by atoms with E-state index >= 15 is 0 Å². The van der Waals surface area contributed by atoms with E-state index in [-0.39, 0.29) is 23.4 Å². The van der Waals surface area contributed by atoms with Crippen LogP contribution >= 0.6 is 0 Å². The van der Waals surface area contributed by atoms with Gasteiger partial charge in [0.05, 0.1) is 5.56 Å². The van der Waals surface area contributed by atoms with Crippen molar-refractivity contribution in [3.63, 3.8) is 0 Å². The first-order valence-electron chi connectivity index (χ1n) is 11.4. The molecule has 1 saturated carbocycles. The summed E-state index contributed by atoms with van der Waals surface area (Å²) in [6.45, 7) is 2.29. The van der Waals surface area contributed by atoms with Crippen molar-refractivity contribution >= 4 is 40.1 Å². The number of benzene rings is 1. The van der Waals surface area contributed by atoms with Crippen LogP contribution < -0.4 is 15.5 Å². The molecule has 3 N–H and O–H groups in total. The van der Waals surface area contributed by atoms with Crippen LogP contribution in [0.25, 0.3) is 10.9 Å². The van der Waals surface area contributed by atoms with Gasteiger partial charge in [-0.1, -0.05) is 25.3 Å². The normalized spacial score (nSPS) is 14.1. The molecule has 3 aromatic rings. The lowest BCUT2D eigenvalue weighted by Crippen LogP contribution is -2.33. The first-order valence-corrected chi connectivity index (χ1v) is 11.4. The monoisotopic (exact) mass is 447 g/mol. The van der Waals surface area contributed by atoms with E-state index in [4.69, 9.17) is 0 Å². The number of amides is 3. The average molecular weight is 448 g/mol. The van der Waals surface area contributed by atoms with Gasteiger partial charge in [0.2, 0.25) is 5.91 Å². The molecule has 4 rings (SSSR count). The van der Waals surface area contributed by atoms with Gasteiger partial charge in [0.15, 0.2) is 0 Å². The summed E-state index contributed by atoms with van der Waals surface area (Å²) in [5.74, 6) is -0.238. The number of hydrogen-bond acceptors (Lipinski definition) is 4. The zero-order valence-corrected chi connectivity index (χ0v) is 19.0. The molecule has 8 heteroatoms. The Morgan fingerprint density at radius 2 is 1.88 bits per heavy atom. The largest absolute Gasteiger partial charge is 0.352 e. The SMILES string of the molecule is CCNC(=O)c1c(NC(=O)c2ccccn2)[nH]c2cc(N(C)C(=O)C3CCCCC3)ccc12. The first-order chi connectivity index (χ1) is 16.0. The highest BCUT2D eigenvalue weighted by atomic mass is 16.2. The smallest absolute Gasteiger partial charge is 0.275 e. The van der Waals surface area contributed by atoms with Crippen molar-refractivity contribution in [3.8, 4) is 0 Å². The minimum Gasteiger partial charge on any atom is -0.352 e. The van der Waals surface area contributed by atoms with E-state index in [0.29, 0.717) is 28.8 Å². The van der Waals surface area contributed by atoms with Crippen molar-refractivity contribution in [2.24, 2.45) is 5.92 Å². The number of aromatic amines is 1. The molecule has 0 bridgehead atoms. The van der Waals surface area contributed by atoms with Crippen molar-refractivity contribution < 1.29 is 14.4 Å². The summed E-state index contributed by atoms with van der Waals surface area (Å²) in [7, 11) is 1.79. The average Bonchev–Trinajstić information content (AvgIpc) is 3.21. The number of carbonyl (C=O) groups excluding carboxylic acids is 3. The van der Waals surface area contributed by atoms with Gasteiger partial charge in [-0.25, -0.2) is 0 Å². The van der Waals surface area contributed by atoms with Crippen LogP contribution in [0.1, 0.15) is 59.9 Å². The molecule has 3 amide bonds. The van der Waals surface area contributed by atoms with E-state index in [0.717, 1.165) is 31.4 Å². The summed E-state index contributed by atoms with van der Waals surface area (Å²) in [6.07, 6.45) is 6.77. The Hall–Kier alpha value is -3.68. The third kappa shape index (κ3) is 4.74. The molecule has 1 aromatic carbocycles. The van der Waals surface area contributed by atoms with Gasteiger partial charge in [0, 0.05) is 42.3 Å². The molecule has 1 fully saturated rings. The second kappa shape index (κ2) is 9.85. The molecule has 33 heavy (non-hydrogen) atoms. The van der Waals surface area contributed by atoms with Crippen molar-refractivity contribution in [3.05, 3.63) is 53.9 Å². The summed E-state index contributed by atoms with van der Waals surface area (Å²) in [4.78, 5) is 47.4. The second-order valence-electron chi connectivity index (χ2n) is 8.37. The number of carbonyl (C=O) groups is 3. The van der Waals surface area contributed by atoms with Crippen LogP contribution in [0.15, 0.2) is 42.6 Å². The predicted octanol–water partition coefficient (Wildman–Crippen LogP) is 4.11. The van der Waals surface area contributed by atoms with Crippen molar-refractivity contribution in [1.29, 1.82) is 0 Å². The van der Waals surface area contributed by atoms with Gasteiger partial charge in [0.1, 0.15) is 11.5 Å². The summed E-state index contributed by atoms with van der Waals surface area (Å²) in [6, 6.07) is 10.6. The molecule has 2 aromatic heterocycles. The third-order valence-corrected chi connectivity index (χ3v) is 6.15. The van der Waals surface area contributed by atoms with E-state index < -0.39 is 5.91 Å². The number of anilines is 2. The fourth-order valence-corrected chi connectivity index (χ4v) is 4.40. The number of nitrogens with zero attached hydrogens (tertiary/aromatic N) is 2. The van der Waals surface area contributed by atoms with Crippen LogP contribution in [-0.2, 0) is 4.79 Å². The molecule has 8 nitrogen and oxygen atoms in total. The fourth-order valence-electron chi connectivity index (χ4n) is 4.40. The summed E-state index contributed by atoms with van der Waals surface area (Å²) < 4.78 is 0. The maximum absolute atomic E-state index is 13.0. The number of fused-ring (bicyclic) bond motifs is 1.